The van der Waals surface area contributed by atoms with E-state index >= 15 is 0 Å². The molecule has 0 aromatic rings. The van der Waals surface area contributed by atoms with Gasteiger partial charge in [-0.3, -0.25) is 0 Å². The van der Waals surface area contributed by atoms with Crippen molar-refractivity contribution >= 4 is 17.4 Å². The zero-order valence-electron chi connectivity index (χ0n) is 10.2. The first-order valence-corrected chi connectivity index (χ1v) is 6.56. The average Bonchev–Trinajstić information content (AvgIpc) is 2.21. The van der Waals surface area contributed by atoms with Crippen LogP contribution in [0, 0.1) is 0 Å². The summed E-state index contributed by atoms with van der Waals surface area (Å²) in [6.07, 6.45) is 18.5. The molecule has 0 radical (unpaired) electrons. The standard InChI is InChI=1S/C14H28.Al.3H/c1-3-5-7-9-11-13-14-12-10-8-6-4-2;;;;/h9,11H,3-8,10,12-14H2,1-2H3;;;;. The van der Waals surface area contributed by atoms with Crippen LogP contribution in [0.25, 0.3) is 0 Å². The van der Waals surface area contributed by atoms with E-state index in [9.17, 15) is 0 Å². The fraction of sp³-hybridized carbons (Fsp3) is 0.857. The van der Waals surface area contributed by atoms with Gasteiger partial charge in [-0.25, -0.2) is 0 Å². The molecule has 0 aliphatic carbocycles. The highest BCUT2D eigenvalue weighted by Crippen LogP contribution is 2.07. The SMILES string of the molecule is CCCCC=CCCCCCCCC.[AlH3]. The molecule has 0 amide bonds. The first-order chi connectivity index (χ1) is 6.91. The number of allylic oxidation sites excluding steroid dienone is 2. The molecule has 0 atom stereocenters. The molecule has 0 spiro atoms. The van der Waals surface area contributed by atoms with Crippen LogP contribution in [0.4, 0.5) is 0 Å². The van der Waals surface area contributed by atoms with E-state index in [0.29, 0.717) is 0 Å². The number of unbranched alkanes of at least 4 members (excludes halogenated alkanes) is 8. The molecule has 0 aromatic carbocycles. The lowest BCUT2D eigenvalue weighted by Crippen LogP contribution is -1.77. The van der Waals surface area contributed by atoms with Crippen molar-refractivity contribution in [2.45, 2.75) is 78.1 Å². The Labute approximate surface area is 108 Å². The van der Waals surface area contributed by atoms with Crippen molar-refractivity contribution in [1.29, 1.82) is 0 Å². The quantitative estimate of drug-likeness (QED) is 0.296. The first-order valence-electron chi connectivity index (χ1n) is 6.56. The lowest BCUT2D eigenvalue weighted by Gasteiger charge is -1.97. The molecule has 0 fully saturated rings. The molecule has 0 rings (SSSR count). The molecule has 0 aliphatic rings. The van der Waals surface area contributed by atoms with Crippen molar-refractivity contribution in [2.24, 2.45) is 0 Å². The van der Waals surface area contributed by atoms with Crippen LogP contribution in [0.5, 0.6) is 0 Å². The molecule has 0 heterocycles. The summed E-state index contributed by atoms with van der Waals surface area (Å²) in [4.78, 5) is 0. The largest absolute Gasteiger partial charge is 0.187 e. The van der Waals surface area contributed by atoms with Gasteiger partial charge in [-0.15, -0.1) is 0 Å². The summed E-state index contributed by atoms with van der Waals surface area (Å²) in [5.74, 6) is 0. The second-order valence-corrected chi connectivity index (χ2v) is 4.17. The van der Waals surface area contributed by atoms with Crippen molar-refractivity contribution in [3.05, 3.63) is 12.2 Å². The molecule has 1 heteroatoms. The van der Waals surface area contributed by atoms with E-state index in [-0.39, 0.29) is 17.4 Å². The molecule has 0 nitrogen and oxygen atoms in total. The zero-order chi connectivity index (χ0) is 10.5. The normalized spacial score (nSPS) is 10.5. The molecule has 0 unspecified atom stereocenters. The van der Waals surface area contributed by atoms with Crippen LogP contribution in [0.1, 0.15) is 78.1 Å². The van der Waals surface area contributed by atoms with Crippen LogP contribution in [0.3, 0.4) is 0 Å². The number of hydrogen-bond acceptors (Lipinski definition) is 0. The highest BCUT2D eigenvalue weighted by Gasteiger charge is 1.87. The molecule has 90 valence electrons. The number of hydrogen-bond donors (Lipinski definition) is 0. The molecule has 0 aromatic heterocycles. The fourth-order valence-electron chi connectivity index (χ4n) is 1.60. The van der Waals surface area contributed by atoms with Crippen LogP contribution in [-0.2, 0) is 0 Å². The summed E-state index contributed by atoms with van der Waals surface area (Å²) in [7, 11) is 0. The van der Waals surface area contributed by atoms with Crippen molar-refractivity contribution in [3.63, 3.8) is 0 Å². The molecule has 0 N–H and O–H groups in total. The van der Waals surface area contributed by atoms with E-state index in [1.165, 1.54) is 64.2 Å². The van der Waals surface area contributed by atoms with Crippen molar-refractivity contribution in [2.75, 3.05) is 0 Å². The Kier molecular flexibility index (Phi) is 19.7. The van der Waals surface area contributed by atoms with Crippen molar-refractivity contribution < 1.29 is 0 Å². The van der Waals surface area contributed by atoms with E-state index in [0.717, 1.165) is 0 Å². The van der Waals surface area contributed by atoms with E-state index in [1.807, 2.05) is 0 Å². The first kappa shape index (κ1) is 17.7. The molecule has 0 bridgehead atoms. The Morgan fingerprint density at radius 3 is 1.67 bits per heavy atom. The summed E-state index contributed by atoms with van der Waals surface area (Å²) in [5, 5.41) is 0. The third-order valence-corrected chi connectivity index (χ3v) is 2.62. The van der Waals surface area contributed by atoms with Crippen molar-refractivity contribution in [1.82, 2.24) is 0 Å². The van der Waals surface area contributed by atoms with Gasteiger partial charge in [0.05, 0.1) is 0 Å². The van der Waals surface area contributed by atoms with Gasteiger partial charge >= 0.3 is 0 Å². The third kappa shape index (κ3) is 16.9. The molecular formula is C14H31Al. The maximum absolute atomic E-state index is 2.37. The highest BCUT2D eigenvalue weighted by atomic mass is 27.0. The molecular weight excluding hydrogens is 195 g/mol. The molecule has 0 saturated heterocycles. The lowest BCUT2D eigenvalue weighted by molar-refractivity contribution is 0.611. The van der Waals surface area contributed by atoms with Gasteiger partial charge in [0.1, 0.15) is 0 Å². The zero-order valence-corrected chi connectivity index (χ0v) is 10.2. The van der Waals surface area contributed by atoms with Gasteiger partial charge in [0.2, 0.25) is 0 Å². The Balaban J connectivity index is 0. The minimum atomic E-state index is 0. The van der Waals surface area contributed by atoms with Crippen molar-refractivity contribution in [3.8, 4) is 0 Å². The predicted molar refractivity (Wildman–Crippen MR) is 76.6 cm³/mol. The smallest absolute Gasteiger partial charge is 0.0885 e. The monoisotopic (exact) mass is 226 g/mol. The van der Waals surface area contributed by atoms with Crippen LogP contribution in [0.2, 0.25) is 0 Å². The summed E-state index contributed by atoms with van der Waals surface area (Å²) in [5.41, 5.74) is 0. The summed E-state index contributed by atoms with van der Waals surface area (Å²) < 4.78 is 0. The third-order valence-electron chi connectivity index (χ3n) is 2.62. The maximum atomic E-state index is 2.37. The Morgan fingerprint density at radius 2 is 1.07 bits per heavy atom. The van der Waals surface area contributed by atoms with E-state index < -0.39 is 0 Å². The van der Waals surface area contributed by atoms with Gasteiger partial charge in [-0.2, -0.15) is 0 Å². The second kappa shape index (κ2) is 16.7. The van der Waals surface area contributed by atoms with Crippen LogP contribution in [0.15, 0.2) is 12.2 Å². The topological polar surface area (TPSA) is 0 Å². The Bertz CT molecular complexity index is 119. The maximum Gasteiger partial charge on any atom is 0.187 e. The van der Waals surface area contributed by atoms with Gasteiger partial charge in [0.15, 0.2) is 17.4 Å². The van der Waals surface area contributed by atoms with Crippen LogP contribution < -0.4 is 0 Å². The minimum Gasteiger partial charge on any atom is -0.0885 e. The highest BCUT2D eigenvalue weighted by molar-refractivity contribution is 5.75. The predicted octanol–water partition coefficient (Wildman–Crippen LogP) is 4.30. The Hall–Kier alpha value is 0.272. The molecule has 0 saturated carbocycles. The molecule has 0 aliphatic heterocycles. The van der Waals surface area contributed by atoms with Gasteiger partial charge in [0.25, 0.3) is 0 Å². The average molecular weight is 226 g/mol. The van der Waals surface area contributed by atoms with Crippen LogP contribution >= 0.6 is 0 Å². The second-order valence-electron chi connectivity index (χ2n) is 4.17. The summed E-state index contributed by atoms with van der Waals surface area (Å²) in [6.45, 7) is 4.53. The van der Waals surface area contributed by atoms with Gasteiger partial charge in [-0.05, 0) is 19.3 Å². The molecule has 15 heavy (non-hydrogen) atoms. The van der Waals surface area contributed by atoms with Gasteiger partial charge in [-0.1, -0.05) is 70.9 Å². The van der Waals surface area contributed by atoms with Gasteiger partial charge < -0.3 is 0 Å². The van der Waals surface area contributed by atoms with Crippen LogP contribution in [-0.4, -0.2) is 17.4 Å². The number of rotatable bonds is 10. The summed E-state index contributed by atoms with van der Waals surface area (Å²) in [6, 6.07) is 0. The van der Waals surface area contributed by atoms with E-state index in [2.05, 4.69) is 26.0 Å². The fourth-order valence-corrected chi connectivity index (χ4v) is 1.60. The lowest BCUT2D eigenvalue weighted by atomic mass is 10.1. The van der Waals surface area contributed by atoms with E-state index in [4.69, 9.17) is 0 Å². The minimum absolute atomic E-state index is 0. The summed E-state index contributed by atoms with van der Waals surface area (Å²) >= 11 is 0. The Morgan fingerprint density at radius 1 is 0.600 bits per heavy atom. The van der Waals surface area contributed by atoms with E-state index in [1.54, 1.807) is 0 Å². The van der Waals surface area contributed by atoms with Gasteiger partial charge in [0, 0.05) is 0 Å².